The average Bonchev–Trinajstić information content (AvgIpc) is 2.90. The number of likely N-dealkylation sites (N-methyl/N-ethyl adjacent to an activating group) is 1. The molecule has 2 atom stereocenters. The lowest BCUT2D eigenvalue weighted by Gasteiger charge is -2.16. The van der Waals surface area contributed by atoms with Gasteiger partial charge in [-0.2, -0.15) is 0 Å². The maximum Gasteiger partial charge on any atom is 0.275 e. The molecule has 7 nitrogen and oxygen atoms in total. The number of carbonyl (C=O) groups excluding carboxylic acids is 2. The Bertz CT molecular complexity index is 675. The van der Waals surface area contributed by atoms with Crippen molar-refractivity contribution in [1.29, 1.82) is 0 Å². The molecule has 0 aromatic heterocycles. The molecule has 0 bridgehead atoms. The van der Waals surface area contributed by atoms with Crippen LogP contribution in [-0.2, 0) is 22.6 Å². The number of carbonyl (C=O) groups is 2. The van der Waals surface area contributed by atoms with Crippen LogP contribution in [-0.4, -0.2) is 50.7 Å². The van der Waals surface area contributed by atoms with E-state index in [1.807, 2.05) is 46.9 Å². The van der Waals surface area contributed by atoms with Crippen molar-refractivity contribution in [3.05, 3.63) is 23.3 Å². The van der Waals surface area contributed by atoms with Crippen molar-refractivity contribution in [3.63, 3.8) is 0 Å². The molecule has 1 aliphatic heterocycles. The molecule has 1 unspecified atom stereocenters. The van der Waals surface area contributed by atoms with Crippen LogP contribution in [0, 0.1) is 0 Å². The molecule has 0 spiro atoms. The monoisotopic (exact) mass is 378 g/mol. The van der Waals surface area contributed by atoms with Crippen molar-refractivity contribution in [3.8, 4) is 11.5 Å². The van der Waals surface area contributed by atoms with E-state index in [4.69, 9.17) is 9.47 Å². The van der Waals surface area contributed by atoms with Gasteiger partial charge in [0.15, 0.2) is 13.1 Å². The summed E-state index contributed by atoms with van der Waals surface area (Å²) >= 11 is 0. The summed E-state index contributed by atoms with van der Waals surface area (Å²) in [4.78, 5) is 24.9. The van der Waals surface area contributed by atoms with Crippen LogP contribution < -0.4 is 25.0 Å². The number of benzene rings is 1. The molecule has 2 amide bonds. The Morgan fingerprint density at radius 1 is 1.30 bits per heavy atom. The van der Waals surface area contributed by atoms with Crippen molar-refractivity contribution in [1.82, 2.24) is 10.6 Å². The second-order valence-electron chi connectivity index (χ2n) is 7.44. The van der Waals surface area contributed by atoms with Gasteiger partial charge in [0.1, 0.15) is 17.6 Å². The van der Waals surface area contributed by atoms with Gasteiger partial charge in [-0.25, -0.2) is 0 Å². The molecule has 0 saturated carbocycles. The summed E-state index contributed by atoms with van der Waals surface area (Å²) in [6.45, 7) is 9.23. The smallest absolute Gasteiger partial charge is 0.275 e. The molecule has 0 aliphatic carbocycles. The average molecular weight is 378 g/mol. The lowest BCUT2D eigenvalue weighted by Crippen LogP contribution is -3.11. The Morgan fingerprint density at radius 2 is 2.00 bits per heavy atom. The van der Waals surface area contributed by atoms with Gasteiger partial charge in [0.2, 0.25) is 0 Å². The summed E-state index contributed by atoms with van der Waals surface area (Å²) < 4.78 is 11.5. The van der Waals surface area contributed by atoms with Gasteiger partial charge in [0, 0.05) is 30.1 Å². The van der Waals surface area contributed by atoms with Crippen LogP contribution >= 0.6 is 0 Å². The molecule has 0 fully saturated rings. The van der Waals surface area contributed by atoms with Crippen LogP contribution in [0.15, 0.2) is 12.1 Å². The topological polar surface area (TPSA) is 81.1 Å². The SMILES string of the molecule is CCOc1cc2c(cc1CNC(=O)C[NH+](C)CC(=O)NC(C)C)O[C@H](C)C2. The first kappa shape index (κ1) is 21.0. The fraction of sp³-hybridized carbons (Fsp3) is 0.600. The van der Waals surface area contributed by atoms with Crippen molar-refractivity contribution in [2.75, 3.05) is 26.7 Å². The molecule has 150 valence electrons. The standard InChI is InChI=1S/C20H31N3O4/c1-6-26-17-8-15-7-14(4)27-18(15)9-16(17)10-21-19(24)11-23(5)12-20(25)22-13(2)3/h8-9,13-14H,6-7,10-12H2,1-5H3,(H,21,24)(H,22,25)/p+1/t14-/m1/s1. The van der Waals surface area contributed by atoms with Gasteiger partial charge in [-0.05, 0) is 39.8 Å². The van der Waals surface area contributed by atoms with E-state index in [-0.39, 0.29) is 37.0 Å². The quantitative estimate of drug-likeness (QED) is 0.568. The van der Waals surface area contributed by atoms with Crippen molar-refractivity contribution < 1.29 is 24.0 Å². The van der Waals surface area contributed by atoms with Crippen molar-refractivity contribution in [2.24, 2.45) is 0 Å². The molecule has 0 saturated heterocycles. The van der Waals surface area contributed by atoms with Gasteiger partial charge < -0.3 is 25.0 Å². The van der Waals surface area contributed by atoms with Crippen LogP contribution in [0.1, 0.15) is 38.8 Å². The highest BCUT2D eigenvalue weighted by molar-refractivity contribution is 5.79. The second kappa shape index (κ2) is 9.60. The molecule has 1 aliphatic rings. The van der Waals surface area contributed by atoms with Crippen molar-refractivity contribution in [2.45, 2.75) is 52.8 Å². The Morgan fingerprint density at radius 3 is 2.67 bits per heavy atom. The third-order valence-electron chi connectivity index (χ3n) is 4.23. The normalized spacial score (nSPS) is 16.4. The minimum Gasteiger partial charge on any atom is -0.494 e. The zero-order chi connectivity index (χ0) is 20.0. The van der Waals surface area contributed by atoms with Gasteiger partial charge in [-0.1, -0.05) is 0 Å². The lowest BCUT2D eigenvalue weighted by molar-refractivity contribution is -0.862. The summed E-state index contributed by atoms with van der Waals surface area (Å²) in [5.74, 6) is 1.48. The predicted molar refractivity (Wildman–Crippen MR) is 103 cm³/mol. The van der Waals surface area contributed by atoms with Crippen molar-refractivity contribution >= 4 is 11.8 Å². The van der Waals surface area contributed by atoms with Gasteiger partial charge in [0.25, 0.3) is 11.8 Å². The predicted octanol–water partition coefficient (Wildman–Crippen LogP) is 0.0642. The number of nitrogens with one attached hydrogen (secondary N) is 3. The summed E-state index contributed by atoms with van der Waals surface area (Å²) in [5.41, 5.74) is 2.04. The molecule has 1 aromatic carbocycles. The fourth-order valence-electron chi connectivity index (χ4n) is 3.15. The molecule has 1 aromatic rings. The molecule has 3 N–H and O–H groups in total. The van der Waals surface area contributed by atoms with Gasteiger partial charge in [-0.3, -0.25) is 9.59 Å². The highest BCUT2D eigenvalue weighted by Crippen LogP contribution is 2.35. The largest absolute Gasteiger partial charge is 0.494 e. The molecule has 1 heterocycles. The number of hydrogen-bond acceptors (Lipinski definition) is 4. The lowest BCUT2D eigenvalue weighted by atomic mass is 10.1. The maximum absolute atomic E-state index is 12.2. The Labute approximate surface area is 161 Å². The van der Waals surface area contributed by atoms with E-state index in [1.54, 1.807) is 0 Å². The number of rotatable bonds is 9. The Kier molecular flexibility index (Phi) is 7.47. The first-order valence-corrected chi connectivity index (χ1v) is 9.61. The fourth-order valence-corrected chi connectivity index (χ4v) is 3.15. The number of ether oxygens (including phenoxy) is 2. The Hall–Kier alpha value is -2.28. The first-order valence-electron chi connectivity index (χ1n) is 9.61. The minimum atomic E-state index is -0.109. The zero-order valence-electron chi connectivity index (χ0n) is 17.0. The van der Waals surface area contributed by atoms with E-state index in [1.165, 1.54) is 0 Å². The first-order chi connectivity index (χ1) is 12.8. The molecular weight excluding hydrogens is 346 g/mol. The minimum absolute atomic E-state index is 0.0566. The number of quaternary nitrogens is 1. The molecule has 7 heteroatoms. The van der Waals surface area contributed by atoms with E-state index < -0.39 is 0 Å². The number of hydrogen-bond donors (Lipinski definition) is 3. The third kappa shape index (κ3) is 6.43. The third-order valence-corrected chi connectivity index (χ3v) is 4.23. The summed E-state index contributed by atoms with van der Waals surface area (Å²) in [5, 5.41) is 5.75. The number of amides is 2. The van der Waals surface area contributed by atoms with E-state index in [0.717, 1.165) is 33.9 Å². The van der Waals surface area contributed by atoms with Gasteiger partial charge in [-0.15, -0.1) is 0 Å². The molecule has 27 heavy (non-hydrogen) atoms. The highest BCUT2D eigenvalue weighted by atomic mass is 16.5. The van der Waals surface area contributed by atoms with E-state index in [9.17, 15) is 9.59 Å². The highest BCUT2D eigenvalue weighted by Gasteiger charge is 2.22. The summed E-state index contributed by atoms with van der Waals surface area (Å²) in [6.07, 6.45) is 1.03. The second-order valence-corrected chi connectivity index (χ2v) is 7.44. The zero-order valence-corrected chi connectivity index (χ0v) is 17.0. The summed E-state index contributed by atoms with van der Waals surface area (Å²) in [7, 11) is 1.83. The van der Waals surface area contributed by atoms with Crippen LogP contribution in [0.2, 0.25) is 0 Å². The van der Waals surface area contributed by atoms with Gasteiger partial charge in [0.05, 0.1) is 13.7 Å². The number of fused-ring (bicyclic) bond motifs is 1. The molecular formula is C20H32N3O4+. The van der Waals surface area contributed by atoms with Crippen LogP contribution in [0.5, 0.6) is 11.5 Å². The molecule has 0 radical (unpaired) electrons. The van der Waals surface area contributed by atoms with E-state index in [0.29, 0.717) is 13.2 Å². The van der Waals surface area contributed by atoms with Crippen LogP contribution in [0.4, 0.5) is 0 Å². The molecule has 2 rings (SSSR count). The van der Waals surface area contributed by atoms with E-state index in [2.05, 4.69) is 10.6 Å². The van der Waals surface area contributed by atoms with Crippen LogP contribution in [0.25, 0.3) is 0 Å². The summed E-state index contributed by atoms with van der Waals surface area (Å²) in [6, 6.07) is 4.06. The maximum atomic E-state index is 12.2. The van der Waals surface area contributed by atoms with E-state index >= 15 is 0 Å². The van der Waals surface area contributed by atoms with Crippen LogP contribution in [0.3, 0.4) is 0 Å². The Balaban J connectivity index is 1.91. The van der Waals surface area contributed by atoms with Gasteiger partial charge >= 0.3 is 0 Å².